The second-order valence-corrected chi connectivity index (χ2v) is 6.19. The number of Topliss-reactive ketones (excluding diaryl/α,β-unsaturated/α-hetero) is 1. The van der Waals surface area contributed by atoms with Crippen LogP contribution in [0.2, 0.25) is 0 Å². The van der Waals surface area contributed by atoms with Crippen molar-refractivity contribution < 1.29 is 23.5 Å². The van der Waals surface area contributed by atoms with Gasteiger partial charge < -0.3 is 13.7 Å². The average molecular weight is 380 g/mol. The second kappa shape index (κ2) is 8.65. The van der Waals surface area contributed by atoms with Gasteiger partial charge in [0.1, 0.15) is 17.7 Å². The van der Waals surface area contributed by atoms with Crippen LogP contribution in [0.5, 0.6) is 0 Å². The molecule has 0 saturated heterocycles. The van der Waals surface area contributed by atoms with Crippen molar-refractivity contribution in [3.8, 4) is 0 Å². The molecule has 0 bridgehead atoms. The van der Waals surface area contributed by atoms with E-state index in [4.69, 9.17) is 9.15 Å². The summed E-state index contributed by atoms with van der Waals surface area (Å²) in [5.41, 5.74) is 0.0454. The molecular weight excluding hydrogens is 360 g/mol. The number of ketones is 1. The van der Waals surface area contributed by atoms with Gasteiger partial charge in [0.25, 0.3) is 0 Å². The first-order valence-corrected chi connectivity index (χ1v) is 8.99. The molecule has 0 aromatic carbocycles. The lowest BCUT2D eigenvalue weighted by molar-refractivity contribution is -0.113. The molecule has 0 radical (unpaired) electrons. The molecule has 140 valence electrons. The van der Waals surface area contributed by atoms with Crippen molar-refractivity contribution in [3.05, 3.63) is 23.2 Å². The van der Waals surface area contributed by atoms with E-state index >= 15 is 0 Å². The maximum atomic E-state index is 12.2. The SMILES string of the molecule is CCOC(=O)c1c(NC(=O)CSc2nncn2CC)oc(C)c1C(C)=O. The number of furan rings is 1. The number of thioether (sulfide) groups is 1. The van der Waals surface area contributed by atoms with Crippen molar-refractivity contribution in [2.45, 2.75) is 39.4 Å². The number of amides is 1. The summed E-state index contributed by atoms with van der Waals surface area (Å²) in [6.07, 6.45) is 1.58. The van der Waals surface area contributed by atoms with E-state index in [9.17, 15) is 14.4 Å². The van der Waals surface area contributed by atoms with Crippen LogP contribution in [0, 0.1) is 6.92 Å². The van der Waals surface area contributed by atoms with E-state index in [1.54, 1.807) is 24.7 Å². The fraction of sp³-hybridized carbons (Fsp3) is 0.438. The van der Waals surface area contributed by atoms with Crippen molar-refractivity contribution in [1.29, 1.82) is 0 Å². The van der Waals surface area contributed by atoms with Gasteiger partial charge in [-0.05, 0) is 27.7 Å². The minimum atomic E-state index is -0.719. The van der Waals surface area contributed by atoms with Crippen molar-refractivity contribution in [1.82, 2.24) is 14.8 Å². The predicted octanol–water partition coefficient (Wildman–Crippen LogP) is 2.31. The Morgan fingerprint density at radius 1 is 1.31 bits per heavy atom. The third-order valence-corrected chi connectivity index (χ3v) is 4.40. The Bertz CT molecular complexity index is 827. The molecule has 0 aliphatic rings. The highest BCUT2D eigenvalue weighted by atomic mass is 32.2. The van der Waals surface area contributed by atoms with Crippen LogP contribution < -0.4 is 5.32 Å². The molecule has 2 rings (SSSR count). The number of anilines is 1. The lowest BCUT2D eigenvalue weighted by Crippen LogP contribution is -2.18. The lowest BCUT2D eigenvalue weighted by Gasteiger charge is -2.06. The molecule has 0 aliphatic heterocycles. The van der Waals surface area contributed by atoms with Crippen LogP contribution in [0.15, 0.2) is 15.9 Å². The van der Waals surface area contributed by atoms with Crippen LogP contribution >= 0.6 is 11.8 Å². The quantitative estimate of drug-likeness (QED) is 0.421. The third kappa shape index (κ3) is 4.31. The fourth-order valence-electron chi connectivity index (χ4n) is 2.32. The van der Waals surface area contributed by atoms with E-state index in [1.165, 1.54) is 18.7 Å². The van der Waals surface area contributed by atoms with Gasteiger partial charge in [-0.15, -0.1) is 10.2 Å². The van der Waals surface area contributed by atoms with Gasteiger partial charge in [0, 0.05) is 6.54 Å². The number of esters is 1. The number of hydrogen-bond acceptors (Lipinski definition) is 8. The summed E-state index contributed by atoms with van der Waals surface area (Å²) < 4.78 is 12.2. The largest absolute Gasteiger partial charge is 0.462 e. The van der Waals surface area contributed by atoms with Crippen LogP contribution in [0.4, 0.5) is 5.88 Å². The number of nitrogens with one attached hydrogen (secondary N) is 1. The van der Waals surface area contributed by atoms with Gasteiger partial charge in [0.2, 0.25) is 11.8 Å². The molecule has 2 aromatic heterocycles. The van der Waals surface area contributed by atoms with Crippen molar-refractivity contribution in [2.24, 2.45) is 0 Å². The molecule has 26 heavy (non-hydrogen) atoms. The Labute approximate surface area is 154 Å². The molecule has 0 unspecified atom stereocenters. The summed E-state index contributed by atoms with van der Waals surface area (Å²) in [5, 5.41) is 10.9. The summed E-state index contributed by atoms with van der Waals surface area (Å²) in [4.78, 5) is 36.3. The summed E-state index contributed by atoms with van der Waals surface area (Å²) >= 11 is 1.20. The number of hydrogen-bond donors (Lipinski definition) is 1. The van der Waals surface area contributed by atoms with E-state index in [0.717, 1.165) is 0 Å². The summed E-state index contributed by atoms with van der Waals surface area (Å²) in [7, 11) is 0. The topological polar surface area (TPSA) is 116 Å². The Kier molecular flexibility index (Phi) is 6.56. The first-order valence-electron chi connectivity index (χ1n) is 8.00. The molecule has 2 heterocycles. The third-order valence-electron chi connectivity index (χ3n) is 3.42. The molecule has 0 spiro atoms. The molecule has 2 aromatic rings. The van der Waals surface area contributed by atoms with E-state index in [0.29, 0.717) is 11.7 Å². The zero-order valence-corrected chi connectivity index (χ0v) is 15.8. The minimum absolute atomic E-state index is 0.0378. The highest BCUT2D eigenvalue weighted by Gasteiger charge is 2.28. The van der Waals surface area contributed by atoms with E-state index in [1.807, 2.05) is 6.92 Å². The Hall–Kier alpha value is -2.62. The summed E-state index contributed by atoms with van der Waals surface area (Å²) in [5.74, 6) is -1.28. The first-order chi connectivity index (χ1) is 12.4. The Morgan fingerprint density at radius 2 is 2.04 bits per heavy atom. The van der Waals surface area contributed by atoms with Gasteiger partial charge in [0.15, 0.2) is 10.9 Å². The number of carbonyl (C=O) groups excluding carboxylic acids is 3. The number of carbonyl (C=O) groups is 3. The van der Waals surface area contributed by atoms with Gasteiger partial charge in [0.05, 0.1) is 17.9 Å². The zero-order chi connectivity index (χ0) is 19.3. The average Bonchev–Trinajstić information content (AvgIpc) is 3.16. The van der Waals surface area contributed by atoms with Gasteiger partial charge in [-0.3, -0.25) is 14.9 Å². The van der Waals surface area contributed by atoms with Crippen LogP contribution in [-0.4, -0.2) is 44.8 Å². The monoisotopic (exact) mass is 380 g/mol. The molecular formula is C16H20N4O5S. The van der Waals surface area contributed by atoms with Crippen molar-refractivity contribution in [2.75, 3.05) is 17.7 Å². The molecule has 1 amide bonds. The van der Waals surface area contributed by atoms with Crippen molar-refractivity contribution in [3.63, 3.8) is 0 Å². The van der Waals surface area contributed by atoms with E-state index in [-0.39, 0.29) is 40.9 Å². The normalized spacial score (nSPS) is 10.6. The Morgan fingerprint density at radius 3 is 2.65 bits per heavy atom. The summed E-state index contributed by atoms with van der Waals surface area (Å²) in [6, 6.07) is 0. The maximum absolute atomic E-state index is 12.2. The molecule has 9 nitrogen and oxygen atoms in total. The number of aryl methyl sites for hydroxylation is 2. The Balaban J connectivity index is 2.17. The number of ether oxygens (including phenoxy) is 1. The highest BCUT2D eigenvalue weighted by Crippen LogP contribution is 2.29. The van der Waals surface area contributed by atoms with Gasteiger partial charge >= 0.3 is 5.97 Å². The predicted molar refractivity (Wildman–Crippen MR) is 94.5 cm³/mol. The molecule has 1 N–H and O–H groups in total. The van der Waals surface area contributed by atoms with Crippen LogP contribution in [-0.2, 0) is 16.1 Å². The maximum Gasteiger partial charge on any atom is 0.344 e. The standard InChI is InChI=1S/C16H20N4O5S/c1-5-20-8-17-19-16(20)26-7-11(22)18-14-13(15(23)24-6-2)12(9(3)21)10(4)25-14/h8H,5-7H2,1-4H3,(H,18,22). The molecule has 0 aliphatic carbocycles. The van der Waals surface area contributed by atoms with Crippen LogP contribution in [0.3, 0.4) is 0 Å². The van der Waals surface area contributed by atoms with Crippen LogP contribution in [0.1, 0.15) is 47.2 Å². The highest BCUT2D eigenvalue weighted by molar-refractivity contribution is 7.99. The fourth-order valence-corrected chi connectivity index (χ4v) is 3.10. The van der Waals surface area contributed by atoms with Gasteiger partial charge in [-0.1, -0.05) is 11.8 Å². The summed E-state index contributed by atoms with van der Waals surface area (Å²) in [6.45, 7) is 7.28. The minimum Gasteiger partial charge on any atom is -0.462 e. The second-order valence-electron chi connectivity index (χ2n) is 5.25. The smallest absolute Gasteiger partial charge is 0.344 e. The van der Waals surface area contributed by atoms with E-state index < -0.39 is 11.9 Å². The number of rotatable bonds is 8. The van der Waals surface area contributed by atoms with E-state index in [2.05, 4.69) is 15.5 Å². The molecule has 0 atom stereocenters. The molecule has 0 saturated carbocycles. The molecule has 10 heteroatoms. The lowest BCUT2D eigenvalue weighted by atomic mass is 10.1. The zero-order valence-electron chi connectivity index (χ0n) is 15.0. The van der Waals surface area contributed by atoms with Gasteiger partial charge in [-0.25, -0.2) is 4.79 Å². The van der Waals surface area contributed by atoms with Crippen LogP contribution in [0.25, 0.3) is 0 Å². The first kappa shape index (κ1) is 19.7. The molecule has 0 fully saturated rings. The van der Waals surface area contributed by atoms with Gasteiger partial charge in [-0.2, -0.15) is 0 Å². The number of aromatic nitrogens is 3. The van der Waals surface area contributed by atoms with Crippen molar-refractivity contribution >= 4 is 35.3 Å². The number of nitrogens with zero attached hydrogens (tertiary/aromatic N) is 3.